The van der Waals surface area contributed by atoms with Crippen molar-refractivity contribution in [2.75, 3.05) is 5.32 Å². The van der Waals surface area contributed by atoms with Gasteiger partial charge in [0, 0.05) is 12.4 Å². The van der Waals surface area contributed by atoms with E-state index in [1.807, 2.05) is 26.0 Å². The number of hydrogen-bond acceptors (Lipinski definition) is 5. The molecule has 0 aliphatic heterocycles. The lowest BCUT2D eigenvalue weighted by Crippen LogP contribution is -2.06. The predicted octanol–water partition coefficient (Wildman–Crippen LogP) is 2.72. The van der Waals surface area contributed by atoms with E-state index in [1.54, 1.807) is 17.1 Å². The molecule has 0 saturated heterocycles. The predicted molar refractivity (Wildman–Crippen MR) is 85.3 cm³/mol. The van der Waals surface area contributed by atoms with E-state index >= 15 is 0 Å². The Bertz CT molecular complexity index is 872. The molecule has 3 aromatic rings. The Morgan fingerprint density at radius 2 is 2.00 bits per heavy atom. The van der Waals surface area contributed by atoms with E-state index in [9.17, 15) is 4.79 Å². The Hall–Kier alpha value is -3.22. The normalized spacial score (nSPS) is 10.5. The van der Waals surface area contributed by atoms with Crippen LogP contribution in [-0.4, -0.2) is 30.8 Å². The summed E-state index contributed by atoms with van der Waals surface area (Å²) in [7, 11) is 0. The number of carbonyl (C=O) groups is 1. The second-order valence-electron chi connectivity index (χ2n) is 5.15. The Morgan fingerprint density at radius 1 is 1.22 bits per heavy atom. The van der Waals surface area contributed by atoms with Gasteiger partial charge in [-0.05, 0) is 25.5 Å². The third-order valence-corrected chi connectivity index (χ3v) is 3.35. The molecule has 2 N–H and O–H groups in total. The zero-order valence-corrected chi connectivity index (χ0v) is 12.7. The summed E-state index contributed by atoms with van der Waals surface area (Å²) in [6.45, 7) is 4.05. The first kappa shape index (κ1) is 14.7. The molecule has 3 rings (SSSR count). The van der Waals surface area contributed by atoms with Crippen molar-refractivity contribution in [3.63, 3.8) is 0 Å². The van der Waals surface area contributed by atoms with Crippen molar-refractivity contribution < 1.29 is 9.90 Å². The fraction of sp³-hybridized carbons (Fsp3) is 0.125. The molecule has 0 fully saturated rings. The van der Waals surface area contributed by atoms with Crippen molar-refractivity contribution in [2.45, 2.75) is 13.8 Å². The van der Waals surface area contributed by atoms with Crippen LogP contribution in [0, 0.1) is 13.8 Å². The molecule has 0 bridgehead atoms. The zero-order chi connectivity index (χ0) is 16.4. The fourth-order valence-electron chi connectivity index (χ4n) is 2.30. The van der Waals surface area contributed by atoms with Gasteiger partial charge >= 0.3 is 5.97 Å². The van der Waals surface area contributed by atoms with Crippen LogP contribution >= 0.6 is 0 Å². The second kappa shape index (κ2) is 5.88. The highest BCUT2D eigenvalue weighted by Crippen LogP contribution is 2.20. The lowest BCUT2D eigenvalue weighted by atomic mass is 10.1. The number of rotatable bonds is 4. The number of aryl methyl sites for hydroxylation is 2. The van der Waals surface area contributed by atoms with Crippen molar-refractivity contribution in [1.29, 1.82) is 0 Å². The molecule has 0 amide bonds. The van der Waals surface area contributed by atoms with Crippen molar-refractivity contribution in [3.8, 4) is 5.69 Å². The Morgan fingerprint density at radius 3 is 2.74 bits per heavy atom. The molecule has 0 saturated carbocycles. The highest BCUT2D eigenvalue weighted by atomic mass is 16.4. The first-order valence-electron chi connectivity index (χ1n) is 6.98. The van der Waals surface area contributed by atoms with Crippen LogP contribution in [0.2, 0.25) is 0 Å². The van der Waals surface area contributed by atoms with Crippen LogP contribution in [0.25, 0.3) is 5.69 Å². The van der Waals surface area contributed by atoms with Crippen LogP contribution in [-0.2, 0) is 0 Å². The topological polar surface area (TPSA) is 92.9 Å². The van der Waals surface area contributed by atoms with Gasteiger partial charge in [0.1, 0.15) is 0 Å². The summed E-state index contributed by atoms with van der Waals surface area (Å²) in [5.74, 6) is -0.956. The van der Waals surface area contributed by atoms with Gasteiger partial charge in [-0.25, -0.2) is 19.4 Å². The van der Waals surface area contributed by atoms with Crippen molar-refractivity contribution in [2.24, 2.45) is 0 Å². The standard InChI is InChI=1S/C16H15N5O2/c1-10-3-4-13(11(2)7-10)21-9-12(8-19-21)20-15-14(16(22)23)17-5-6-18-15/h3-9H,1-2H3,(H,18,20)(H,22,23). The Labute approximate surface area is 132 Å². The lowest BCUT2D eigenvalue weighted by Gasteiger charge is -2.07. The monoisotopic (exact) mass is 309 g/mol. The number of benzene rings is 1. The summed E-state index contributed by atoms with van der Waals surface area (Å²) >= 11 is 0. The van der Waals surface area contributed by atoms with Crippen LogP contribution in [0.1, 0.15) is 21.6 Å². The average Bonchev–Trinajstić information content (AvgIpc) is 2.96. The smallest absolute Gasteiger partial charge is 0.358 e. The molecule has 0 aliphatic rings. The first-order valence-corrected chi connectivity index (χ1v) is 6.98. The van der Waals surface area contributed by atoms with E-state index in [0.29, 0.717) is 5.69 Å². The highest BCUT2D eigenvalue weighted by Gasteiger charge is 2.13. The van der Waals surface area contributed by atoms with Crippen molar-refractivity contribution in [1.82, 2.24) is 19.7 Å². The number of aromatic nitrogens is 4. The molecule has 0 radical (unpaired) electrons. The lowest BCUT2D eigenvalue weighted by molar-refractivity contribution is 0.0691. The van der Waals surface area contributed by atoms with Gasteiger partial charge in [0.05, 0.1) is 23.8 Å². The molecule has 2 aromatic heterocycles. The number of nitrogens with zero attached hydrogens (tertiary/aromatic N) is 4. The van der Waals surface area contributed by atoms with Gasteiger partial charge in [-0.2, -0.15) is 5.10 Å². The number of aromatic carboxylic acids is 1. The third kappa shape index (κ3) is 3.03. The van der Waals surface area contributed by atoms with Gasteiger partial charge in [-0.1, -0.05) is 17.7 Å². The molecule has 0 spiro atoms. The molecule has 1 aromatic carbocycles. The van der Waals surface area contributed by atoms with Gasteiger partial charge in [-0.15, -0.1) is 0 Å². The molecule has 7 nitrogen and oxygen atoms in total. The molecular formula is C16H15N5O2. The number of carboxylic acid groups (broad SMARTS) is 1. The summed E-state index contributed by atoms with van der Waals surface area (Å²) in [6.07, 6.45) is 6.16. The summed E-state index contributed by atoms with van der Waals surface area (Å²) in [6, 6.07) is 6.09. The zero-order valence-electron chi connectivity index (χ0n) is 12.7. The van der Waals surface area contributed by atoms with Gasteiger partial charge in [0.15, 0.2) is 11.5 Å². The molecule has 0 atom stereocenters. The number of hydrogen-bond donors (Lipinski definition) is 2. The molecule has 0 aliphatic carbocycles. The van der Waals surface area contributed by atoms with Gasteiger partial charge in [-0.3, -0.25) is 0 Å². The molecule has 23 heavy (non-hydrogen) atoms. The SMILES string of the molecule is Cc1ccc(-n2cc(Nc3nccnc3C(=O)O)cn2)c(C)c1. The first-order chi connectivity index (χ1) is 11.0. The van der Waals surface area contributed by atoms with Gasteiger partial charge in [0.2, 0.25) is 0 Å². The fourth-order valence-corrected chi connectivity index (χ4v) is 2.30. The quantitative estimate of drug-likeness (QED) is 0.769. The van der Waals surface area contributed by atoms with Crippen molar-refractivity contribution >= 4 is 17.5 Å². The second-order valence-corrected chi connectivity index (χ2v) is 5.15. The van der Waals surface area contributed by atoms with Gasteiger partial charge < -0.3 is 10.4 Å². The van der Waals surface area contributed by atoms with E-state index in [4.69, 9.17) is 5.11 Å². The third-order valence-electron chi connectivity index (χ3n) is 3.35. The summed E-state index contributed by atoms with van der Waals surface area (Å²) < 4.78 is 1.73. The van der Waals surface area contributed by atoms with E-state index in [-0.39, 0.29) is 11.5 Å². The van der Waals surface area contributed by atoms with E-state index in [2.05, 4.69) is 26.4 Å². The van der Waals surface area contributed by atoms with Crippen LogP contribution < -0.4 is 5.32 Å². The minimum atomic E-state index is -1.14. The van der Waals surface area contributed by atoms with Crippen LogP contribution in [0.5, 0.6) is 0 Å². The van der Waals surface area contributed by atoms with Crippen LogP contribution in [0.3, 0.4) is 0 Å². The maximum atomic E-state index is 11.2. The minimum Gasteiger partial charge on any atom is -0.476 e. The number of nitrogens with one attached hydrogen (secondary N) is 1. The molecule has 2 heterocycles. The van der Waals surface area contributed by atoms with E-state index in [0.717, 1.165) is 11.3 Å². The molecular weight excluding hydrogens is 294 g/mol. The van der Waals surface area contributed by atoms with E-state index < -0.39 is 5.97 Å². The molecule has 7 heteroatoms. The highest BCUT2D eigenvalue weighted by molar-refractivity contribution is 5.91. The summed E-state index contributed by atoms with van der Waals surface area (Å²) in [5, 5.41) is 16.4. The summed E-state index contributed by atoms with van der Waals surface area (Å²) in [4.78, 5) is 19.0. The van der Waals surface area contributed by atoms with Crippen molar-refractivity contribution in [3.05, 3.63) is 59.8 Å². The minimum absolute atomic E-state index is 0.133. The summed E-state index contributed by atoms with van der Waals surface area (Å²) in [5.41, 5.74) is 3.74. The molecule has 0 unspecified atom stereocenters. The number of anilines is 2. The van der Waals surface area contributed by atoms with Crippen LogP contribution in [0.15, 0.2) is 43.0 Å². The maximum Gasteiger partial charge on any atom is 0.358 e. The largest absolute Gasteiger partial charge is 0.476 e. The maximum absolute atomic E-state index is 11.2. The van der Waals surface area contributed by atoms with E-state index in [1.165, 1.54) is 18.0 Å². The van der Waals surface area contributed by atoms with Gasteiger partial charge in [0.25, 0.3) is 0 Å². The Kier molecular flexibility index (Phi) is 3.76. The van der Waals surface area contributed by atoms with Crippen LogP contribution in [0.4, 0.5) is 11.5 Å². The molecule has 116 valence electrons. The average molecular weight is 309 g/mol. The number of carboxylic acids is 1. The Balaban J connectivity index is 1.90.